The molecule has 0 amide bonds. The first-order valence-electron chi connectivity index (χ1n) is 8.05. The molecule has 2 rings (SSSR count). The maximum Gasteiger partial charge on any atom is 0.309 e. The van der Waals surface area contributed by atoms with E-state index in [1.54, 1.807) is 18.2 Å². The average Bonchev–Trinajstić information content (AvgIpc) is 3.00. The topological polar surface area (TPSA) is 43.8 Å². The molecule has 25 heavy (non-hydrogen) atoms. The fourth-order valence-corrected chi connectivity index (χ4v) is 2.89. The van der Waals surface area contributed by atoms with Gasteiger partial charge in [-0.3, -0.25) is 4.79 Å². The van der Waals surface area contributed by atoms with Gasteiger partial charge < -0.3 is 10.1 Å². The molecule has 4 nitrogen and oxygen atoms in total. The maximum atomic E-state index is 11.1. The number of allylic oxidation sites excluding steroid dienone is 5. The first-order chi connectivity index (χ1) is 11.9. The van der Waals surface area contributed by atoms with Crippen LogP contribution in [0.15, 0.2) is 55.2 Å². The summed E-state index contributed by atoms with van der Waals surface area (Å²) in [5.74, 6) is -1.17. The molecule has 1 saturated heterocycles. The molecule has 0 aliphatic carbocycles. The SMILES string of the molecule is C=C/C=C\C=C/C.CCN1CC(C(=O)O)CN1c1ccc(Cl)cc1Cl. The zero-order valence-corrected chi connectivity index (χ0v) is 16.0. The summed E-state index contributed by atoms with van der Waals surface area (Å²) in [6, 6.07) is 5.24. The number of aliphatic carboxylic acids is 1. The minimum absolute atomic E-state index is 0.392. The monoisotopic (exact) mass is 382 g/mol. The predicted octanol–water partition coefficient (Wildman–Crippen LogP) is 5.06. The van der Waals surface area contributed by atoms with Crippen LogP contribution in [0.2, 0.25) is 10.0 Å². The highest BCUT2D eigenvalue weighted by atomic mass is 35.5. The standard InChI is InChI=1S/C12H14Cl2N2O2.C7H10/c1-2-15-6-8(12(17)18)7-16(15)11-4-3-9(13)5-10(11)14;1-3-5-7-6-4-2/h3-5,8H,2,6-7H2,1H3,(H,17,18);3-7H,1H2,2H3/b;6-4-,7-5-. The summed E-state index contributed by atoms with van der Waals surface area (Å²) < 4.78 is 0. The van der Waals surface area contributed by atoms with Gasteiger partial charge in [-0.2, -0.15) is 0 Å². The molecule has 0 bridgehead atoms. The van der Waals surface area contributed by atoms with Crippen molar-refractivity contribution in [2.24, 2.45) is 5.92 Å². The molecule has 0 aromatic heterocycles. The minimum atomic E-state index is -0.777. The lowest BCUT2D eigenvalue weighted by Crippen LogP contribution is -2.36. The van der Waals surface area contributed by atoms with Crippen LogP contribution in [-0.2, 0) is 4.79 Å². The molecule has 0 spiro atoms. The number of hydrogen-bond acceptors (Lipinski definition) is 3. The predicted molar refractivity (Wildman–Crippen MR) is 106 cm³/mol. The Hall–Kier alpha value is -1.75. The minimum Gasteiger partial charge on any atom is -0.481 e. The Bertz CT molecular complexity index is 644. The summed E-state index contributed by atoms with van der Waals surface area (Å²) in [6.07, 6.45) is 9.51. The second-order valence-electron chi connectivity index (χ2n) is 5.36. The van der Waals surface area contributed by atoms with Crippen molar-refractivity contribution in [1.82, 2.24) is 5.01 Å². The number of rotatable bonds is 5. The number of nitrogens with zero attached hydrogens (tertiary/aromatic N) is 2. The Labute approximate surface area is 159 Å². The number of halogens is 2. The van der Waals surface area contributed by atoms with Crippen LogP contribution in [0.1, 0.15) is 13.8 Å². The van der Waals surface area contributed by atoms with Crippen molar-refractivity contribution in [2.45, 2.75) is 13.8 Å². The van der Waals surface area contributed by atoms with Gasteiger partial charge in [0.2, 0.25) is 0 Å². The van der Waals surface area contributed by atoms with E-state index in [1.165, 1.54) is 0 Å². The molecule has 1 aromatic carbocycles. The molecule has 1 atom stereocenters. The van der Waals surface area contributed by atoms with Gasteiger partial charge in [-0.1, -0.05) is 67.1 Å². The van der Waals surface area contributed by atoms with Gasteiger partial charge in [-0.25, -0.2) is 5.01 Å². The van der Waals surface area contributed by atoms with Gasteiger partial charge in [-0.15, -0.1) is 0 Å². The quantitative estimate of drug-likeness (QED) is 0.723. The summed E-state index contributed by atoms with van der Waals surface area (Å²) in [6.45, 7) is 9.16. The van der Waals surface area contributed by atoms with Crippen LogP contribution in [-0.4, -0.2) is 35.7 Å². The lowest BCUT2D eigenvalue weighted by atomic mass is 10.1. The van der Waals surface area contributed by atoms with E-state index in [2.05, 4.69) is 6.58 Å². The van der Waals surface area contributed by atoms with E-state index in [0.717, 1.165) is 12.2 Å². The van der Waals surface area contributed by atoms with Crippen LogP contribution in [0.3, 0.4) is 0 Å². The smallest absolute Gasteiger partial charge is 0.309 e. The van der Waals surface area contributed by atoms with Crippen LogP contribution in [0, 0.1) is 5.92 Å². The van der Waals surface area contributed by atoms with Gasteiger partial charge >= 0.3 is 5.97 Å². The van der Waals surface area contributed by atoms with Crippen molar-refractivity contribution in [1.29, 1.82) is 0 Å². The number of benzene rings is 1. The van der Waals surface area contributed by atoms with Crippen molar-refractivity contribution in [3.05, 3.63) is 65.2 Å². The van der Waals surface area contributed by atoms with Crippen molar-refractivity contribution in [3.8, 4) is 0 Å². The molecule has 1 unspecified atom stereocenters. The third-order valence-corrected chi connectivity index (χ3v) is 4.16. The van der Waals surface area contributed by atoms with Crippen molar-refractivity contribution < 1.29 is 9.90 Å². The zero-order valence-electron chi connectivity index (χ0n) is 14.5. The molecular formula is C19H24Cl2N2O2. The van der Waals surface area contributed by atoms with E-state index in [-0.39, 0.29) is 0 Å². The van der Waals surface area contributed by atoms with E-state index in [1.807, 2.05) is 54.2 Å². The number of carboxylic acid groups (broad SMARTS) is 1. The third kappa shape index (κ3) is 6.58. The molecule has 1 fully saturated rings. The van der Waals surface area contributed by atoms with Crippen LogP contribution in [0.5, 0.6) is 0 Å². The molecule has 0 radical (unpaired) electrons. The Kier molecular flexibility index (Phi) is 9.35. The van der Waals surface area contributed by atoms with E-state index in [9.17, 15) is 4.79 Å². The number of carbonyl (C=O) groups is 1. The summed E-state index contributed by atoms with van der Waals surface area (Å²) in [5, 5.41) is 14.1. The lowest BCUT2D eigenvalue weighted by Gasteiger charge is -2.29. The van der Waals surface area contributed by atoms with E-state index in [0.29, 0.717) is 23.1 Å². The van der Waals surface area contributed by atoms with E-state index < -0.39 is 11.9 Å². The Morgan fingerprint density at radius 3 is 2.56 bits per heavy atom. The lowest BCUT2D eigenvalue weighted by molar-refractivity contribution is -0.140. The fourth-order valence-electron chi connectivity index (χ4n) is 2.39. The van der Waals surface area contributed by atoms with Crippen molar-refractivity contribution in [2.75, 3.05) is 24.6 Å². The maximum absolute atomic E-state index is 11.1. The van der Waals surface area contributed by atoms with Crippen LogP contribution in [0.4, 0.5) is 5.69 Å². The van der Waals surface area contributed by atoms with Crippen LogP contribution < -0.4 is 5.01 Å². The largest absolute Gasteiger partial charge is 0.481 e. The normalized spacial score (nSPS) is 17.8. The van der Waals surface area contributed by atoms with Gasteiger partial charge in [0.15, 0.2) is 0 Å². The second-order valence-corrected chi connectivity index (χ2v) is 6.21. The summed E-state index contributed by atoms with van der Waals surface area (Å²) >= 11 is 12.0. The van der Waals surface area contributed by atoms with Crippen molar-refractivity contribution >= 4 is 34.9 Å². The Morgan fingerprint density at radius 2 is 2.04 bits per heavy atom. The van der Waals surface area contributed by atoms with Crippen LogP contribution in [0.25, 0.3) is 0 Å². The highest BCUT2D eigenvalue weighted by Gasteiger charge is 2.34. The highest BCUT2D eigenvalue weighted by Crippen LogP contribution is 2.33. The van der Waals surface area contributed by atoms with Crippen LogP contribution >= 0.6 is 23.2 Å². The molecule has 1 aliphatic heterocycles. The molecular weight excluding hydrogens is 359 g/mol. The number of carboxylic acids is 1. The average molecular weight is 383 g/mol. The Morgan fingerprint density at radius 1 is 1.32 bits per heavy atom. The van der Waals surface area contributed by atoms with Gasteiger partial charge in [-0.05, 0) is 25.1 Å². The molecule has 1 aliphatic rings. The van der Waals surface area contributed by atoms with Gasteiger partial charge in [0.1, 0.15) is 0 Å². The third-order valence-electron chi connectivity index (χ3n) is 3.62. The fraction of sp³-hybridized carbons (Fsp3) is 0.316. The van der Waals surface area contributed by atoms with Gasteiger partial charge in [0, 0.05) is 24.7 Å². The number of hydrogen-bond donors (Lipinski definition) is 1. The molecule has 6 heteroatoms. The first kappa shape index (κ1) is 21.3. The summed E-state index contributed by atoms with van der Waals surface area (Å²) in [5.41, 5.74) is 0.798. The number of anilines is 1. The molecule has 0 saturated carbocycles. The molecule has 136 valence electrons. The molecule has 1 aromatic rings. The molecule has 1 N–H and O–H groups in total. The zero-order chi connectivity index (χ0) is 18.8. The van der Waals surface area contributed by atoms with Crippen molar-refractivity contribution in [3.63, 3.8) is 0 Å². The highest BCUT2D eigenvalue weighted by molar-refractivity contribution is 6.36. The van der Waals surface area contributed by atoms with E-state index >= 15 is 0 Å². The van der Waals surface area contributed by atoms with Gasteiger partial charge in [0.05, 0.1) is 16.6 Å². The number of hydrazine groups is 1. The van der Waals surface area contributed by atoms with E-state index in [4.69, 9.17) is 28.3 Å². The summed E-state index contributed by atoms with van der Waals surface area (Å²) in [4.78, 5) is 11.1. The first-order valence-corrected chi connectivity index (χ1v) is 8.80. The van der Waals surface area contributed by atoms with Gasteiger partial charge in [0.25, 0.3) is 0 Å². The second kappa shape index (κ2) is 11.0. The Balaban J connectivity index is 0.000000381. The summed E-state index contributed by atoms with van der Waals surface area (Å²) in [7, 11) is 0. The molecule has 1 heterocycles.